The van der Waals surface area contributed by atoms with Gasteiger partial charge >= 0.3 is 0 Å². The van der Waals surface area contributed by atoms with Crippen LogP contribution in [-0.2, 0) is 4.79 Å². The molecule has 1 aliphatic rings. The van der Waals surface area contributed by atoms with Gasteiger partial charge in [-0.15, -0.1) is 0 Å². The minimum Gasteiger partial charge on any atom is -0.484 e. The van der Waals surface area contributed by atoms with Gasteiger partial charge in [-0.1, -0.05) is 43.5 Å². The Hall–Kier alpha value is -3.60. The van der Waals surface area contributed by atoms with Gasteiger partial charge in [-0.25, -0.2) is 4.98 Å². The lowest BCUT2D eigenvalue weighted by Gasteiger charge is -2.22. The number of hydrogen-bond acceptors (Lipinski definition) is 4. The van der Waals surface area contributed by atoms with E-state index in [0.29, 0.717) is 17.6 Å². The van der Waals surface area contributed by atoms with Crippen LogP contribution in [0.1, 0.15) is 60.3 Å². The van der Waals surface area contributed by atoms with Crippen LogP contribution in [0.2, 0.25) is 0 Å². The molecule has 1 fully saturated rings. The number of ether oxygens (including phenoxy) is 1. The monoisotopic (exact) mass is 468 g/mol. The minimum atomic E-state index is -0.203. The van der Waals surface area contributed by atoms with Gasteiger partial charge in [-0.3, -0.25) is 4.79 Å². The predicted octanol–water partition coefficient (Wildman–Crippen LogP) is 7.49. The Kier molecular flexibility index (Phi) is 6.58. The van der Waals surface area contributed by atoms with Crippen molar-refractivity contribution in [2.24, 2.45) is 0 Å². The number of hydrogen-bond donors (Lipinski definition) is 1. The number of aromatic nitrogens is 1. The van der Waals surface area contributed by atoms with Crippen LogP contribution in [0, 0.1) is 20.8 Å². The second-order valence-corrected chi connectivity index (χ2v) is 9.67. The second-order valence-electron chi connectivity index (χ2n) is 9.67. The maximum absolute atomic E-state index is 12.6. The number of nitrogens with one attached hydrogen (secondary N) is 1. The minimum absolute atomic E-state index is 0.0478. The van der Waals surface area contributed by atoms with Gasteiger partial charge in [0, 0.05) is 11.3 Å². The predicted molar refractivity (Wildman–Crippen MR) is 140 cm³/mol. The Labute approximate surface area is 206 Å². The number of aryl methyl sites for hydroxylation is 2. The summed E-state index contributed by atoms with van der Waals surface area (Å²) in [5, 5.41) is 2.97. The lowest BCUT2D eigenvalue weighted by molar-refractivity contribution is -0.118. The Balaban J connectivity index is 1.25. The third kappa shape index (κ3) is 5.09. The third-order valence-corrected chi connectivity index (χ3v) is 6.98. The first-order chi connectivity index (χ1) is 17.0. The van der Waals surface area contributed by atoms with E-state index in [1.807, 2.05) is 50.2 Å². The Morgan fingerprint density at radius 3 is 2.57 bits per heavy atom. The number of rotatable bonds is 6. The summed E-state index contributed by atoms with van der Waals surface area (Å²) < 4.78 is 11.8. The highest BCUT2D eigenvalue weighted by molar-refractivity contribution is 5.93. The maximum Gasteiger partial charge on any atom is 0.262 e. The molecular formula is C30H32N2O3. The molecule has 1 amide bonds. The summed E-state index contributed by atoms with van der Waals surface area (Å²) in [7, 11) is 0. The van der Waals surface area contributed by atoms with E-state index in [4.69, 9.17) is 14.1 Å². The lowest BCUT2D eigenvalue weighted by atomic mass is 9.84. The van der Waals surface area contributed by atoms with Crippen molar-refractivity contribution in [3.63, 3.8) is 0 Å². The number of nitrogens with zero attached hydrogens (tertiary/aromatic N) is 1. The highest BCUT2D eigenvalue weighted by atomic mass is 16.5. The van der Waals surface area contributed by atoms with Crippen molar-refractivity contribution in [3.8, 4) is 17.2 Å². The largest absolute Gasteiger partial charge is 0.484 e. The van der Waals surface area contributed by atoms with E-state index in [1.54, 1.807) is 0 Å². The van der Waals surface area contributed by atoms with Gasteiger partial charge in [-0.05, 0) is 92.1 Å². The molecule has 1 saturated carbocycles. The molecule has 1 aromatic heterocycles. The van der Waals surface area contributed by atoms with E-state index in [-0.39, 0.29) is 12.5 Å². The summed E-state index contributed by atoms with van der Waals surface area (Å²) in [5.41, 5.74) is 7.70. The van der Waals surface area contributed by atoms with E-state index >= 15 is 0 Å². The molecule has 1 heterocycles. The van der Waals surface area contributed by atoms with Crippen molar-refractivity contribution < 1.29 is 13.9 Å². The molecule has 4 aromatic rings. The zero-order chi connectivity index (χ0) is 24.4. The number of fused-ring (bicyclic) bond motifs is 1. The van der Waals surface area contributed by atoms with Crippen LogP contribution in [-0.4, -0.2) is 17.5 Å². The van der Waals surface area contributed by atoms with E-state index in [0.717, 1.165) is 39.0 Å². The van der Waals surface area contributed by atoms with E-state index in [9.17, 15) is 4.79 Å². The van der Waals surface area contributed by atoms with Crippen LogP contribution >= 0.6 is 0 Å². The summed E-state index contributed by atoms with van der Waals surface area (Å²) in [5.74, 6) is 1.72. The molecule has 0 saturated heterocycles. The quantitative estimate of drug-likeness (QED) is 0.318. The smallest absolute Gasteiger partial charge is 0.262 e. The molecular weight excluding hydrogens is 436 g/mol. The lowest BCUT2D eigenvalue weighted by Crippen LogP contribution is -2.20. The number of amides is 1. The zero-order valence-electron chi connectivity index (χ0n) is 20.7. The summed E-state index contributed by atoms with van der Waals surface area (Å²) in [4.78, 5) is 17.3. The van der Waals surface area contributed by atoms with Crippen molar-refractivity contribution in [2.45, 2.75) is 58.8 Å². The standard InChI is InChI=1S/C30H32N2O3/c1-19-16-20(2)29-27(17-19)32-30(35-29)25-10-7-11-26(21(25)3)31-28(33)18-34-24-14-12-23(13-15-24)22-8-5-4-6-9-22/h7,10-17,22H,4-6,8-9,18H2,1-3H3,(H,31,33). The van der Waals surface area contributed by atoms with Crippen molar-refractivity contribution in [1.29, 1.82) is 0 Å². The van der Waals surface area contributed by atoms with Crippen molar-refractivity contribution in [3.05, 3.63) is 76.9 Å². The zero-order valence-corrected chi connectivity index (χ0v) is 20.7. The fraction of sp³-hybridized carbons (Fsp3) is 0.333. The van der Waals surface area contributed by atoms with Crippen LogP contribution < -0.4 is 10.1 Å². The normalized spacial score (nSPS) is 14.3. The molecule has 180 valence electrons. The Morgan fingerprint density at radius 1 is 1.03 bits per heavy atom. The van der Waals surface area contributed by atoms with Crippen LogP contribution in [0.5, 0.6) is 5.75 Å². The van der Waals surface area contributed by atoms with Gasteiger partial charge in [0.2, 0.25) is 5.89 Å². The number of oxazole rings is 1. The molecule has 0 aliphatic heterocycles. The third-order valence-electron chi connectivity index (χ3n) is 6.98. The van der Waals surface area contributed by atoms with E-state index in [2.05, 4.69) is 30.4 Å². The molecule has 1 aliphatic carbocycles. The average molecular weight is 469 g/mol. The SMILES string of the molecule is Cc1cc(C)c2oc(-c3cccc(NC(=O)COc4ccc(C5CCCCC5)cc4)c3C)nc2c1. The van der Waals surface area contributed by atoms with Crippen LogP contribution in [0.3, 0.4) is 0 Å². The van der Waals surface area contributed by atoms with Crippen LogP contribution in [0.25, 0.3) is 22.6 Å². The molecule has 0 bridgehead atoms. The number of anilines is 1. The summed E-state index contributed by atoms with van der Waals surface area (Å²) in [6.07, 6.45) is 6.52. The van der Waals surface area contributed by atoms with Gasteiger partial charge in [-0.2, -0.15) is 0 Å². The highest BCUT2D eigenvalue weighted by Gasteiger charge is 2.17. The summed E-state index contributed by atoms with van der Waals surface area (Å²) >= 11 is 0. The number of carbonyl (C=O) groups excluding carboxylic acids is 1. The fourth-order valence-corrected chi connectivity index (χ4v) is 5.10. The first-order valence-electron chi connectivity index (χ1n) is 12.5. The van der Waals surface area contributed by atoms with Gasteiger partial charge < -0.3 is 14.5 Å². The van der Waals surface area contributed by atoms with E-state index in [1.165, 1.54) is 37.7 Å². The van der Waals surface area contributed by atoms with Crippen molar-refractivity contribution in [2.75, 3.05) is 11.9 Å². The molecule has 5 nitrogen and oxygen atoms in total. The fourth-order valence-electron chi connectivity index (χ4n) is 5.10. The maximum atomic E-state index is 12.6. The highest BCUT2D eigenvalue weighted by Crippen LogP contribution is 2.34. The summed E-state index contributed by atoms with van der Waals surface area (Å²) in [6.45, 7) is 5.99. The first-order valence-corrected chi connectivity index (χ1v) is 12.5. The first kappa shape index (κ1) is 23.2. The van der Waals surface area contributed by atoms with Gasteiger partial charge in [0.25, 0.3) is 5.91 Å². The molecule has 0 radical (unpaired) electrons. The van der Waals surface area contributed by atoms with Crippen LogP contribution in [0.15, 0.2) is 59.0 Å². The molecule has 1 N–H and O–H groups in total. The molecule has 3 aromatic carbocycles. The second kappa shape index (κ2) is 9.95. The van der Waals surface area contributed by atoms with Gasteiger partial charge in [0.1, 0.15) is 11.3 Å². The Bertz CT molecular complexity index is 1350. The molecule has 0 atom stereocenters. The molecule has 35 heavy (non-hydrogen) atoms. The Morgan fingerprint density at radius 2 is 1.80 bits per heavy atom. The molecule has 5 heteroatoms. The topological polar surface area (TPSA) is 64.4 Å². The van der Waals surface area contributed by atoms with Crippen LogP contribution in [0.4, 0.5) is 5.69 Å². The van der Waals surface area contributed by atoms with Crippen molar-refractivity contribution >= 4 is 22.7 Å². The van der Waals surface area contributed by atoms with Crippen molar-refractivity contribution in [1.82, 2.24) is 4.98 Å². The number of carbonyl (C=O) groups is 1. The molecule has 0 unspecified atom stereocenters. The molecule has 0 spiro atoms. The average Bonchev–Trinajstić information content (AvgIpc) is 3.29. The van der Waals surface area contributed by atoms with E-state index < -0.39 is 0 Å². The van der Waals surface area contributed by atoms with Gasteiger partial charge in [0.15, 0.2) is 12.2 Å². The molecule has 5 rings (SSSR count). The summed E-state index contributed by atoms with van der Waals surface area (Å²) in [6, 6.07) is 18.1. The number of benzene rings is 3. The van der Waals surface area contributed by atoms with Gasteiger partial charge in [0.05, 0.1) is 0 Å².